The Bertz CT molecular complexity index is 918. The fourth-order valence-corrected chi connectivity index (χ4v) is 6.40. The number of thioether (sulfide) groups is 1. The number of carbonyl (C=O) groups is 2. The average Bonchev–Trinajstić information content (AvgIpc) is 3.26. The SMILES string of the molecule is CCCCCCCCC(CCCCCC)COC(=O)Nc1ccc2nc(SC(CC)C(=O)O)sc2c1. The van der Waals surface area contributed by atoms with Crippen molar-refractivity contribution >= 4 is 51.1 Å². The molecule has 0 fully saturated rings. The summed E-state index contributed by atoms with van der Waals surface area (Å²) >= 11 is 2.71. The van der Waals surface area contributed by atoms with E-state index >= 15 is 0 Å². The van der Waals surface area contributed by atoms with Crippen molar-refractivity contribution in [3.63, 3.8) is 0 Å². The lowest BCUT2D eigenvalue weighted by Gasteiger charge is -2.17. The van der Waals surface area contributed by atoms with E-state index in [1.807, 2.05) is 25.1 Å². The first-order valence-electron chi connectivity index (χ1n) is 13.7. The third-order valence-electron chi connectivity index (χ3n) is 6.39. The van der Waals surface area contributed by atoms with Crippen LogP contribution in [0.2, 0.25) is 0 Å². The van der Waals surface area contributed by atoms with Gasteiger partial charge in [0.15, 0.2) is 4.34 Å². The van der Waals surface area contributed by atoms with Gasteiger partial charge in [0.05, 0.1) is 16.8 Å². The molecule has 2 N–H and O–H groups in total. The zero-order valence-electron chi connectivity index (χ0n) is 22.2. The molecule has 0 aliphatic carbocycles. The number of unbranched alkanes of at least 4 members (excludes halogenated alkanes) is 8. The molecule has 0 aliphatic heterocycles. The van der Waals surface area contributed by atoms with Gasteiger partial charge < -0.3 is 9.84 Å². The number of fused-ring (bicyclic) bond motifs is 1. The van der Waals surface area contributed by atoms with Crippen LogP contribution in [0.4, 0.5) is 10.5 Å². The molecule has 2 atom stereocenters. The van der Waals surface area contributed by atoms with Crippen LogP contribution < -0.4 is 5.32 Å². The third kappa shape index (κ3) is 11.5. The van der Waals surface area contributed by atoms with Gasteiger partial charge in [-0.2, -0.15) is 0 Å². The molecule has 6 nitrogen and oxygen atoms in total. The van der Waals surface area contributed by atoms with Gasteiger partial charge in [0, 0.05) is 5.69 Å². The molecule has 8 heteroatoms. The number of aliphatic carboxylic acids is 1. The topological polar surface area (TPSA) is 88.5 Å². The Labute approximate surface area is 225 Å². The van der Waals surface area contributed by atoms with E-state index in [4.69, 9.17) is 4.74 Å². The van der Waals surface area contributed by atoms with Gasteiger partial charge in [-0.25, -0.2) is 9.78 Å². The van der Waals surface area contributed by atoms with Gasteiger partial charge in [-0.05, 0) is 43.4 Å². The van der Waals surface area contributed by atoms with Gasteiger partial charge in [0.25, 0.3) is 0 Å². The van der Waals surface area contributed by atoms with Crippen molar-refractivity contribution in [3.8, 4) is 0 Å². The lowest BCUT2D eigenvalue weighted by molar-refractivity contribution is -0.136. The highest BCUT2D eigenvalue weighted by atomic mass is 32.2. The van der Waals surface area contributed by atoms with E-state index in [1.54, 1.807) is 0 Å². The van der Waals surface area contributed by atoms with Crippen LogP contribution in [0.15, 0.2) is 22.5 Å². The lowest BCUT2D eigenvalue weighted by Crippen LogP contribution is -2.19. The molecular formula is C28H44N2O4S2. The molecule has 36 heavy (non-hydrogen) atoms. The number of ether oxygens (including phenoxy) is 1. The Kier molecular flexibility index (Phi) is 14.9. The minimum absolute atomic E-state index is 0.420. The molecule has 0 spiro atoms. The maximum Gasteiger partial charge on any atom is 0.411 e. The number of carbonyl (C=O) groups excluding carboxylic acids is 1. The summed E-state index contributed by atoms with van der Waals surface area (Å²) in [7, 11) is 0. The van der Waals surface area contributed by atoms with Crippen molar-refractivity contribution in [2.24, 2.45) is 5.92 Å². The van der Waals surface area contributed by atoms with E-state index in [2.05, 4.69) is 24.1 Å². The average molecular weight is 537 g/mol. The maximum absolute atomic E-state index is 12.5. The highest BCUT2D eigenvalue weighted by Gasteiger charge is 2.19. The number of carboxylic acids is 1. The maximum atomic E-state index is 12.5. The monoisotopic (exact) mass is 536 g/mol. The van der Waals surface area contributed by atoms with Crippen LogP contribution in [-0.2, 0) is 9.53 Å². The van der Waals surface area contributed by atoms with Crippen molar-refractivity contribution in [3.05, 3.63) is 18.2 Å². The highest BCUT2D eigenvalue weighted by Crippen LogP contribution is 2.34. The molecule has 1 aromatic heterocycles. The number of nitrogens with one attached hydrogen (secondary N) is 1. The van der Waals surface area contributed by atoms with Gasteiger partial charge in [-0.15, -0.1) is 11.3 Å². The minimum atomic E-state index is -0.827. The van der Waals surface area contributed by atoms with Crippen LogP contribution in [0.3, 0.4) is 0 Å². The summed E-state index contributed by atoms with van der Waals surface area (Å²) in [5, 5.41) is 11.6. The second kappa shape index (κ2) is 17.6. The molecule has 2 unspecified atom stereocenters. The van der Waals surface area contributed by atoms with Crippen LogP contribution in [0.5, 0.6) is 0 Å². The van der Waals surface area contributed by atoms with Gasteiger partial charge in [0.2, 0.25) is 0 Å². The first kappa shape index (κ1) is 30.4. The van der Waals surface area contributed by atoms with Crippen molar-refractivity contribution < 1.29 is 19.4 Å². The summed E-state index contributed by atoms with van der Waals surface area (Å²) in [6, 6.07) is 5.53. The number of hydrogen-bond donors (Lipinski definition) is 2. The molecular weight excluding hydrogens is 492 g/mol. The minimum Gasteiger partial charge on any atom is -0.480 e. The molecule has 2 aromatic rings. The number of nitrogens with zero attached hydrogens (tertiary/aromatic N) is 1. The molecule has 0 radical (unpaired) electrons. The van der Waals surface area contributed by atoms with Gasteiger partial charge in [-0.3, -0.25) is 10.1 Å². The van der Waals surface area contributed by atoms with E-state index in [0.29, 0.717) is 24.6 Å². The molecule has 1 heterocycles. The molecule has 0 aliphatic rings. The fourth-order valence-electron chi connectivity index (χ4n) is 4.19. The highest BCUT2D eigenvalue weighted by molar-refractivity contribution is 8.02. The molecule has 1 amide bonds. The number of anilines is 1. The molecule has 0 saturated carbocycles. The fraction of sp³-hybridized carbons (Fsp3) is 0.679. The van der Waals surface area contributed by atoms with E-state index in [1.165, 1.54) is 87.3 Å². The zero-order chi connectivity index (χ0) is 26.2. The number of amides is 1. The molecule has 0 saturated heterocycles. The summed E-state index contributed by atoms with van der Waals surface area (Å²) in [6.45, 7) is 6.78. The summed E-state index contributed by atoms with van der Waals surface area (Å²) in [6.07, 6.45) is 14.9. The number of carboxylic acid groups (broad SMARTS) is 1. The number of thiazole rings is 1. The van der Waals surface area contributed by atoms with Crippen LogP contribution in [-0.4, -0.2) is 34.0 Å². The number of rotatable bonds is 19. The van der Waals surface area contributed by atoms with E-state index in [9.17, 15) is 14.7 Å². The lowest BCUT2D eigenvalue weighted by atomic mass is 9.95. The quantitative estimate of drug-likeness (QED) is 0.137. The molecule has 2 rings (SSSR count). The third-order valence-corrected chi connectivity index (χ3v) is 8.85. The predicted molar refractivity (Wildman–Crippen MR) is 152 cm³/mol. The summed E-state index contributed by atoms with van der Waals surface area (Å²) in [4.78, 5) is 28.4. The first-order valence-corrected chi connectivity index (χ1v) is 15.4. The van der Waals surface area contributed by atoms with Crippen LogP contribution in [0.25, 0.3) is 10.2 Å². The summed E-state index contributed by atoms with van der Waals surface area (Å²) < 4.78 is 7.27. The van der Waals surface area contributed by atoms with Crippen LogP contribution in [0, 0.1) is 5.92 Å². The summed E-state index contributed by atoms with van der Waals surface area (Å²) in [5.41, 5.74) is 1.46. The smallest absolute Gasteiger partial charge is 0.411 e. The Morgan fingerprint density at radius 2 is 1.64 bits per heavy atom. The van der Waals surface area contributed by atoms with Crippen molar-refractivity contribution in [1.82, 2.24) is 4.98 Å². The van der Waals surface area contributed by atoms with Crippen molar-refractivity contribution in [2.75, 3.05) is 11.9 Å². The number of hydrogen-bond acceptors (Lipinski definition) is 6. The molecule has 1 aromatic carbocycles. The van der Waals surface area contributed by atoms with Gasteiger partial charge >= 0.3 is 12.1 Å². The molecule has 0 bridgehead atoms. The number of benzene rings is 1. The van der Waals surface area contributed by atoms with Crippen LogP contribution in [0.1, 0.15) is 104 Å². The standard InChI is InChI=1S/C28H44N2O4S2/c1-4-7-9-11-12-14-16-21(15-13-10-8-5-2)20-34-27(33)29-22-17-18-23-25(19-22)36-28(30-23)35-24(6-3)26(31)32/h17-19,21,24H,4-16,20H2,1-3H3,(H,29,33)(H,31,32). The number of aromatic nitrogens is 1. The Morgan fingerprint density at radius 3 is 2.28 bits per heavy atom. The molecule has 202 valence electrons. The largest absolute Gasteiger partial charge is 0.480 e. The van der Waals surface area contributed by atoms with Crippen LogP contribution >= 0.6 is 23.1 Å². The zero-order valence-corrected chi connectivity index (χ0v) is 23.9. The second-order valence-corrected chi connectivity index (χ2v) is 12.0. The first-order chi connectivity index (χ1) is 17.5. The van der Waals surface area contributed by atoms with Gasteiger partial charge in [0.1, 0.15) is 5.25 Å². The van der Waals surface area contributed by atoms with Crippen molar-refractivity contribution in [2.45, 2.75) is 114 Å². The Morgan fingerprint density at radius 1 is 1.00 bits per heavy atom. The Balaban J connectivity index is 1.86. The second-order valence-electron chi connectivity index (χ2n) is 9.51. The summed E-state index contributed by atoms with van der Waals surface area (Å²) in [5.74, 6) is -0.407. The van der Waals surface area contributed by atoms with E-state index in [0.717, 1.165) is 27.4 Å². The predicted octanol–water partition coefficient (Wildman–Crippen LogP) is 9.14. The van der Waals surface area contributed by atoms with E-state index < -0.39 is 17.3 Å². The van der Waals surface area contributed by atoms with Crippen molar-refractivity contribution in [1.29, 1.82) is 0 Å². The van der Waals surface area contributed by atoms with E-state index in [-0.39, 0.29) is 0 Å². The van der Waals surface area contributed by atoms with Gasteiger partial charge in [-0.1, -0.05) is 96.7 Å². The Hall–Kier alpha value is -1.80. The normalized spacial score (nSPS) is 13.0.